The summed E-state index contributed by atoms with van der Waals surface area (Å²) < 4.78 is 7.44. The summed E-state index contributed by atoms with van der Waals surface area (Å²) in [5, 5.41) is 8.88. The molecule has 0 atom stereocenters. The van der Waals surface area contributed by atoms with Crippen molar-refractivity contribution in [2.45, 2.75) is 13.3 Å². The van der Waals surface area contributed by atoms with Crippen LogP contribution in [0.4, 0.5) is 11.5 Å². The number of fused-ring (bicyclic) bond motifs is 1. The summed E-state index contributed by atoms with van der Waals surface area (Å²) in [7, 11) is 0. The highest BCUT2D eigenvalue weighted by Crippen LogP contribution is 2.29. The molecule has 0 bridgehead atoms. The average Bonchev–Trinajstić information content (AvgIpc) is 3.19. The lowest BCUT2D eigenvalue weighted by molar-refractivity contribution is 0.463. The maximum absolute atomic E-state index is 12.2. The number of anilines is 2. The second-order valence-electron chi connectivity index (χ2n) is 7.09. The maximum atomic E-state index is 12.2. The lowest BCUT2D eigenvalue weighted by Crippen LogP contribution is -2.14. The van der Waals surface area contributed by atoms with E-state index in [0.717, 1.165) is 22.5 Å². The van der Waals surface area contributed by atoms with Gasteiger partial charge in [-0.05, 0) is 48.9 Å². The molecule has 32 heavy (non-hydrogen) atoms. The van der Waals surface area contributed by atoms with Crippen LogP contribution in [0, 0.1) is 0 Å². The minimum atomic E-state index is -0.394. The first-order chi connectivity index (χ1) is 15.7. The molecule has 5 rings (SSSR count). The molecule has 0 fully saturated rings. The van der Waals surface area contributed by atoms with E-state index >= 15 is 0 Å². The minimum Gasteiger partial charge on any atom is -0.439 e. The quantitative estimate of drug-likeness (QED) is 0.413. The van der Waals surface area contributed by atoms with Crippen molar-refractivity contribution in [1.29, 1.82) is 0 Å². The number of ether oxygens (including phenoxy) is 1. The number of aryl methyl sites for hydroxylation is 1. The molecule has 0 aliphatic rings. The van der Waals surface area contributed by atoms with Crippen LogP contribution in [0.15, 0.2) is 83.8 Å². The largest absolute Gasteiger partial charge is 0.439 e. The van der Waals surface area contributed by atoms with Gasteiger partial charge in [-0.1, -0.05) is 31.2 Å². The third kappa shape index (κ3) is 3.81. The van der Waals surface area contributed by atoms with Gasteiger partial charge in [-0.3, -0.25) is 0 Å². The van der Waals surface area contributed by atoms with Crippen molar-refractivity contribution in [3.8, 4) is 17.3 Å². The van der Waals surface area contributed by atoms with Crippen LogP contribution in [0.1, 0.15) is 12.6 Å². The van der Waals surface area contributed by atoms with Gasteiger partial charge in [0.05, 0.1) is 11.1 Å². The van der Waals surface area contributed by atoms with Crippen molar-refractivity contribution in [3.63, 3.8) is 0 Å². The lowest BCUT2D eigenvalue weighted by Gasteiger charge is -2.07. The Labute approximate surface area is 183 Å². The fourth-order valence-electron chi connectivity index (χ4n) is 3.48. The van der Waals surface area contributed by atoms with Crippen molar-refractivity contribution in [1.82, 2.24) is 24.7 Å². The molecule has 0 saturated heterocycles. The molecule has 0 aliphatic carbocycles. The van der Waals surface area contributed by atoms with Crippen LogP contribution in [0.25, 0.3) is 16.7 Å². The van der Waals surface area contributed by atoms with Gasteiger partial charge in [0.15, 0.2) is 11.5 Å². The van der Waals surface area contributed by atoms with E-state index in [1.165, 1.54) is 0 Å². The predicted molar refractivity (Wildman–Crippen MR) is 123 cm³/mol. The summed E-state index contributed by atoms with van der Waals surface area (Å²) in [5.74, 6) is 1.82. The number of para-hydroxylation sites is 1. The van der Waals surface area contributed by atoms with Crippen LogP contribution in [0.5, 0.6) is 11.6 Å². The van der Waals surface area contributed by atoms with Crippen molar-refractivity contribution in [2.24, 2.45) is 0 Å². The SMILES string of the molecule is CCc1[nH]c(=O)nc2c1c(Nc1ccc(Oc3ccccn3)cc1)nn2-c1ccccc1. The van der Waals surface area contributed by atoms with Gasteiger partial charge in [0.25, 0.3) is 0 Å². The molecule has 158 valence electrons. The highest BCUT2D eigenvalue weighted by molar-refractivity contribution is 5.92. The standard InChI is InChI=1S/C24H20N6O2/c1-2-19-21-22(26-16-11-13-18(14-12-16)32-20-10-6-7-15-25-20)29-30(17-8-4-3-5-9-17)23(21)28-24(31)27-19/h3-15H,2H2,1H3,(H,26,29)(H,27,28,31). The monoisotopic (exact) mass is 424 g/mol. The summed E-state index contributed by atoms with van der Waals surface area (Å²) in [6, 6.07) is 22.6. The van der Waals surface area contributed by atoms with Gasteiger partial charge in [-0.25, -0.2) is 14.5 Å². The molecule has 5 aromatic rings. The molecular weight excluding hydrogens is 404 g/mol. The summed E-state index contributed by atoms with van der Waals surface area (Å²) in [6.45, 7) is 1.98. The fraction of sp³-hybridized carbons (Fsp3) is 0.0833. The first-order valence-electron chi connectivity index (χ1n) is 10.2. The van der Waals surface area contributed by atoms with Gasteiger partial charge < -0.3 is 15.0 Å². The number of nitrogens with one attached hydrogen (secondary N) is 2. The number of H-pyrrole nitrogens is 1. The second kappa shape index (κ2) is 8.35. The van der Waals surface area contributed by atoms with Crippen LogP contribution in [-0.2, 0) is 6.42 Å². The zero-order valence-electron chi connectivity index (χ0n) is 17.3. The van der Waals surface area contributed by atoms with Crippen LogP contribution in [-0.4, -0.2) is 24.7 Å². The number of nitrogens with zero attached hydrogens (tertiary/aromatic N) is 4. The van der Waals surface area contributed by atoms with Gasteiger partial charge in [0.1, 0.15) is 5.75 Å². The Bertz CT molecular complexity index is 1410. The van der Waals surface area contributed by atoms with Gasteiger partial charge >= 0.3 is 5.69 Å². The average molecular weight is 424 g/mol. The normalized spacial score (nSPS) is 10.9. The molecule has 8 nitrogen and oxygen atoms in total. The van der Waals surface area contributed by atoms with Crippen LogP contribution < -0.4 is 15.7 Å². The number of aromatic nitrogens is 5. The summed E-state index contributed by atoms with van der Waals surface area (Å²) >= 11 is 0. The molecule has 0 radical (unpaired) electrons. The highest BCUT2D eigenvalue weighted by Gasteiger charge is 2.18. The maximum Gasteiger partial charge on any atom is 0.347 e. The molecule has 0 amide bonds. The van der Waals surface area contributed by atoms with E-state index in [2.05, 4.69) is 20.3 Å². The Morgan fingerprint density at radius 1 is 1.00 bits per heavy atom. The summed E-state index contributed by atoms with van der Waals surface area (Å²) in [4.78, 5) is 23.4. The number of pyridine rings is 1. The van der Waals surface area contributed by atoms with Crippen molar-refractivity contribution in [3.05, 3.63) is 95.2 Å². The molecule has 0 aliphatic heterocycles. The summed E-state index contributed by atoms with van der Waals surface area (Å²) in [6.07, 6.45) is 2.32. The van der Waals surface area contributed by atoms with E-state index in [-0.39, 0.29) is 0 Å². The topological polar surface area (TPSA) is 97.7 Å². The number of aromatic amines is 1. The molecule has 3 aromatic heterocycles. The predicted octanol–water partition coefficient (Wildman–Crippen LogP) is 4.60. The Balaban J connectivity index is 1.52. The van der Waals surface area contributed by atoms with Crippen LogP contribution in [0.3, 0.4) is 0 Å². The number of hydrogen-bond donors (Lipinski definition) is 2. The van der Waals surface area contributed by atoms with E-state index in [9.17, 15) is 4.79 Å². The third-order valence-electron chi connectivity index (χ3n) is 4.96. The van der Waals surface area contributed by atoms with E-state index in [4.69, 9.17) is 9.84 Å². The van der Waals surface area contributed by atoms with Crippen molar-refractivity contribution >= 4 is 22.5 Å². The van der Waals surface area contributed by atoms with E-state index in [1.807, 2.05) is 73.7 Å². The number of benzene rings is 2. The zero-order valence-corrected chi connectivity index (χ0v) is 17.3. The molecule has 2 N–H and O–H groups in total. The van der Waals surface area contributed by atoms with Crippen molar-refractivity contribution in [2.75, 3.05) is 5.32 Å². The molecule has 0 spiro atoms. The molecular formula is C24H20N6O2. The van der Waals surface area contributed by atoms with Crippen molar-refractivity contribution < 1.29 is 4.74 Å². The lowest BCUT2D eigenvalue weighted by atomic mass is 10.2. The third-order valence-corrected chi connectivity index (χ3v) is 4.96. The Kier molecular flexibility index (Phi) is 5.09. The van der Waals surface area contributed by atoms with Crippen LogP contribution in [0.2, 0.25) is 0 Å². The molecule has 0 saturated carbocycles. The Hall–Kier alpha value is -4.46. The first-order valence-corrected chi connectivity index (χ1v) is 10.2. The molecule has 2 aromatic carbocycles. The Morgan fingerprint density at radius 3 is 2.50 bits per heavy atom. The highest BCUT2D eigenvalue weighted by atomic mass is 16.5. The van der Waals surface area contributed by atoms with Gasteiger partial charge in [0, 0.05) is 23.6 Å². The van der Waals surface area contributed by atoms with Gasteiger partial charge in [0.2, 0.25) is 5.88 Å². The van der Waals surface area contributed by atoms with Gasteiger partial charge in [-0.15, -0.1) is 5.10 Å². The Morgan fingerprint density at radius 2 is 1.78 bits per heavy atom. The number of hydrogen-bond acceptors (Lipinski definition) is 6. The van der Waals surface area contributed by atoms with Gasteiger partial charge in [-0.2, -0.15) is 4.98 Å². The fourth-order valence-corrected chi connectivity index (χ4v) is 3.48. The molecule has 0 unspecified atom stereocenters. The number of rotatable bonds is 6. The van der Waals surface area contributed by atoms with E-state index < -0.39 is 5.69 Å². The molecule has 8 heteroatoms. The second-order valence-corrected chi connectivity index (χ2v) is 7.09. The smallest absolute Gasteiger partial charge is 0.347 e. The first kappa shape index (κ1) is 19.5. The molecule has 3 heterocycles. The minimum absolute atomic E-state index is 0.394. The van der Waals surface area contributed by atoms with E-state index in [0.29, 0.717) is 29.5 Å². The zero-order chi connectivity index (χ0) is 21.9. The van der Waals surface area contributed by atoms with Crippen LogP contribution >= 0.6 is 0 Å². The summed E-state index contributed by atoms with van der Waals surface area (Å²) in [5.41, 5.74) is 2.54. The van der Waals surface area contributed by atoms with E-state index in [1.54, 1.807) is 16.9 Å².